The second kappa shape index (κ2) is 6.39. The molecule has 0 aromatic heterocycles. The van der Waals surface area contributed by atoms with E-state index in [0.29, 0.717) is 0 Å². The SMILES string of the molecule is COc1cccc(NC(CO)c2ccc(F)cc2C)c1. The molecule has 2 rings (SSSR count). The first-order chi connectivity index (χ1) is 9.63. The Morgan fingerprint density at radius 1 is 1.25 bits per heavy atom. The molecule has 106 valence electrons. The summed E-state index contributed by atoms with van der Waals surface area (Å²) >= 11 is 0. The summed E-state index contributed by atoms with van der Waals surface area (Å²) in [6.07, 6.45) is 0. The van der Waals surface area contributed by atoms with Crippen molar-refractivity contribution in [2.24, 2.45) is 0 Å². The lowest BCUT2D eigenvalue weighted by Gasteiger charge is -2.20. The summed E-state index contributed by atoms with van der Waals surface area (Å²) in [5, 5.41) is 12.8. The van der Waals surface area contributed by atoms with Gasteiger partial charge in [0.15, 0.2) is 0 Å². The van der Waals surface area contributed by atoms with Crippen molar-refractivity contribution < 1.29 is 14.2 Å². The van der Waals surface area contributed by atoms with Crippen LogP contribution in [0.2, 0.25) is 0 Å². The Hall–Kier alpha value is -2.07. The summed E-state index contributed by atoms with van der Waals surface area (Å²) in [7, 11) is 1.60. The molecule has 20 heavy (non-hydrogen) atoms. The van der Waals surface area contributed by atoms with E-state index in [4.69, 9.17) is 4.74 Å². The lowest BCUT2D eigenvalue weighted by Crippen LogP contribution is -2.16. The lowest BCUT2D eigenvalue weighted by atomic mass is 10.0. The molecule has 3 nitrogen and oxygen atoms in total. The largest absolute Gasteiger partial charge is 0.497 e. The van der Waals surface area contributed by atoms with Gasteiger partial charge in [-0.15, -0.1) is 0 Å². The highest BCUT2D eigenvalue weighted by Gasteiger charge is 2.13. The number of nitrogens with one attached hydrogen (secondary N) is 1. The maximum Gasteiger partial charge on any atom is 0.123 e. The van der Waals surface area contributed by atoms with Gasteiger partial charge in [0, 0.05) is 11.8 Å². The zero-order valence-corrected chi connectivity index (χ0v) is 11.6. The first kappa shape index (κ1) is 14.3. The molecule has 2 N–H and O–H groups in total. The smallest absolute Gasteiger partial charge is 0.123 e. The predicted octanol–water partition coefficient (Wildman–Crippen LogP) is 3.29. The minimum atomic E-state index is -0.289. The zero-order valence-electron chi connectivity index (χ0n) is 11.6. The molecule has 0 saturated carbocycles. The molecule has 0 radical (unpaired) electrons. The van der Waals surface area contributed by atoms with Crippen molar-refractivity contribution in [2.45, 2.75) is 13.0 Å². The van der Waals surface area contributed by atoms with Crippen molar-refractivity contribution in [1.29, 1.82) is 0 Å². The first-order valence-corrected chi connectivity index (χ1v) is 6.41. The summed E-state index contributed by atoms with van der Waals surface area (Å²) in [5.41, 5.74) is 2.52. The van der Waals surface area contributed by atoms with Crippen LogP contribution in [-0.4, -0.2) is 18.8 Å². The standard InChI is InChI=1S/C16H18FNO2/c1-11-8-12(17)6-7-15(11)16(10-19)18-13-4-3-5-14(9-13)20-2/h3-9,16,18-19H,10H2,1-2H3. The molecule has 0 bridgehead atoms. The summed E-state index contributed by atoms with van der Waals surface area (Å²) in [6.45, 7) is 1.75. The molecule has 0 aliphatic rings. The number of benzene rings is 2. The Labute approximate surface area is 118 Å². The van der Waals surface area contributed by atoms with Gasteiger partial charge in [0.25, 0.3) is 0 Å². The summed E-state index contributed by atoms with van der Waals surface area (Å²) in [5.74, 6) is 0.465. The number of aryl methyl sites for hydroxylation is 1. The molecule has 2 aromatic carbocycles. The van der Waals surface area contributed by atoms with E-state index in [1.54, 1.807) is 13.2 Å². The van der Waals surface area contributed by atoms with Gasteiger partial charge in [-0.2, -0.15) is 0 Å². The summed E-state index contributed by atoms with van der Waals surface area (Å²) < 4.78 is 18.3. The quantitative estimate of drug-likeness (QED) is 0.879. The number of ether oxygens (including phenoxy) is 1. The number of anilines is 1. The van der Waals surface area contributed by atoms with Crippen molar-refractivity contribution in [1.82, 2.24) is 0 Å². The molecule has 0 aliphatic carbocycles. The predicted molar refractivity (Wildman–Crippen MR) is 77.6 cm³/mol. The average molecular weight is 275 g/mol. The van der Waals surface area contributed by atoms with Crippen molar-refractivity contribution in [3.8, 4) is 5.75 Å². The van der Waals surface area contributed by atoms with Gasteiger partial charge in [-0.1, -0.05) is 12.1 Å². The van der Waals surface area contributed by atoms with Crippen LogP contribution in [0.5, 0.6) is 5.75 Å². The number of hydrogen-bond donors (Lipinski definition) is 2. The van der Waals surface area contributed by atoms with Gasteiger partial charge >= 0.3 is 0 Å². The molecule has 0 aliphatic heterocycles. The molecule has 1 atom stereocenters. The van der Waals surface area contributed by atoms with E-state index in [2.05, 4.69) is 5.32 Å². The molecule has 1 unspecified atom stereocenters. The second-order valence-electron chi connectivity index (χ2n) is 4.61. The van der Waals surface area contributed by atoms with E-state index in [0.717, 1.165) is 22.6 Å². The van der Waals surface area contributed by atoms with Crippen LogP contribution in [0.4, 0.5) is 10.1 Å². The van der Waals surface area contributed by atoms with Crippen LogP contribution in [0.25, 0.3) is 0 Å². The highest BCUT2D eigenvalue weighted by atomic mass is 19.1. The highest BCUT2D eigenvalue weighted by molar-refractivity contribution is 5.50. The van der Waals surface area contributed by atoms with E-state index < -0.39 is 0 Å². The maximum absolute atomic E-state index is 13.1. The van der Waals surface area contributed by atoms with Crippen LogP contribution in [0.1, 0.15) is 17.2 Å². The van der Waals surface area contributed by atoms with E-state index in [1.165, 1.54) is 12.1 Å². The van der Waals surface area contributed by atoms with Gasteiger partial charge in [-0.05, 0) is 42.3 Å². The van der Waals surface area contributed by atoms with Crippen LogP contribution >= 0.6 is 0 Å². The fourth-order valence-corrected chi connectivity index (χ4v) is 2.17. The number of rotatable bonds is 5. The average Bonchev–Trinajstić information content (AvgIpc) is 2.45. The summed E-state index contributed by atoms with van der Waals surface area (Å²) in [6, 6.07) is 11.7. The van der Waals surface area contributed by atoms with E-state index in [-0.39, 0.29) is 18.5 Å². The second-order valence-corrected chi connectivity index (χ2v) is 4.61. The molecule has 4 heteroatoms. The molecule has 0 heterocycles. The van der Waals surface area contributed by atoms with Crippen LogP contribution in [0, 0.1) is 12.7 Å². The van der Waals surface area contributed by atoms with Gasteiger partial charge in [-0.25, -0.2) is 4.39 Å². The van der Waals surface area contributed by atoms with Gasteiger partial charge in [0.05, 0.1) is 19.8 Å². The Morgan fingerprint density at radius 3 is 2.70 bits per heavy atom. The van der Waals surface area contributed by atoms with Crippen LogP contribution < -0.4 is 10.1 Å². The van der Waals surface area contributed by atoms with E-state index >= 15 is 0 Å². The van der Waals surface area contributed by atoms with Crippen LogP contribution in [0.15, 0.2) is 42.5 Å². The lowest BCUT2D eigenvalue weighted by molar-refractivity contribution is 0.276. The van der Waals surface area contributed by atoms with Crippen molar-refractivity contribution in [3.05, 3.63) is 59.4 Å². The summed E-state index contributed by atoms with van der Waals surface area (Å²) in [4.78, 5) is 0. The fraction of sp³-hybridized carbons (Fsp3) is 0.250. The van der Waals surface area contributed by atoms with Gasteiger partial charge in [0.2, 0.25) is 0 Å². The normalized spacial score (nSPS) is 12.0. The molecule has 2 aromatic rings. The molecular formula is C16H18FNO2. The maximum atomic E-state index is 13.1. The number of aliphatic hydroxyl groups is 1. The number of aliphatic hydroxyl groups excluding tert-OH is 1. The Morgan fingerprint density at radius 2 is 2.05 bits per heavy atom. The number of hydrogen-bond acceptors (Lipinski definition) is 3. The fourth-order valence-electron chi connectivity index (χ4n) is 2.17. The van der Waals surface area contributed by atoms with Crippen molar-refractivity contribution in [3.63, 3.8) is 0 Å². The van der Waals surface area contributed by atoms with Gasteiger partial charge in [0.1, 0.15) is 11.6 Å². The Balaban J connectivity index is 2.23. The highest BCUT2D eigenvalue weighted by Crippen LogP contribution is 2.25. The third-order valence-corrected chi connectivity index (χ3v) is 3.20. The molecule has 0 amide bonds. The molecule has 0 spiro atoms. The van der Waals surface area contributed by atoms with E-state index in [9.17, 15) is 9.50 Å². The zero-order chi connectivity index (χ0) is 14.5. The minimum Gasteiger partial charge on any atom is -0.497 e. The van der Waals surface area contributed by atoms with E-state index in [1.807, 2.05) is 31.2 Å². The Bertz CT molecular complexity index is 586. The van der Waals surface area contributed by atoms with Gasteiger partial charge < -0.3 is 15.2 Å². The molecule has 0 saturated heterocycles. The van der Waals surface area contributed by atoms with Crippen molar-refractivity contribution >= 4 is 5.69 Å². The number of halogens is 1. The van der Waals surface area contributed by atoms with Gasteiger partial charge in [-0.3, -0.25) is 0 Å². The monoisotopic (exact) mass is 275 g/mol. The topological polar surface area (TPSA) is 41.5 Å². The molecule has 0 fully saturated rings. The minimum absolute atomic E-state index is 0.0797. The Kier molecular flexibility index (Phi) is 4.58. The van der Waals surface area contributed by atoms with Crippen molar-refractivity contribution in [2.75, 3.05) is 19.0 Å². The first-order valence-electron chi connectivity index (χ1n) is 6.41. The third-order valence-electron chi connectivity index (χ3n) is 3.20. The van der Waals surface area contributed by atoms with Crippen LogP contribution in [-0.2, 0) is 0 Å². The molecular weight excluding hydrogens is 257 g/mol. The van der Waals surface area contributed by atoms with Crippen LogP contribution in [0.3, 0.4) is 0 Å². The third kappa shape index (κ3) is 3.27. The number of methoxy groups -OCH3 is 1.